The van der Waals surface area contributed by atoms with Gasteiger partial charge in [-0.25, -0.2) is 0 Å². The van der Waals surface area contributed by atoms with Gasteiger partial charge in [0, 0.05) is 24.5 Å². The van der Waals surface area contributed by atoms with Crippen LogP contribution in [-0.4, -0.2) is 50.1 Å². The molecule has 2 N–H and O–H groups in total. The molecule has 0 aromatic carbocycles. The summed E-state index contributed by atoms with van der Waals surface area (Å²) in [6.07, 6.45) is 3.44. The third-order valence-electron chi connectivity index (χ3n) is 3.86. The lowest BCUT2D eigenvalue weighted by atomic mass is 10.2. The zero-order chi connectivity index (χ0) is 16.2. The lowest BCUT2D eigenvalue weighted by Crippen LogP contribution is -2.43. The van der Waals surface area contributed by atoms with Gasteiger partial charge in [0.1, 0.15) is 0 Å². The number of rotatable bonds is 10. The molecule has 126 valence electrons. The zero-order valence-electron chi connectivity index (χ0n) is 14.6. The average molecular weight is 325 g/mol. The van der Waals surface area contributed by atoms with Crippen LogP contribution in [0.15, 0.2) is 22.5 Å². The molecule has 0 bridgehead atoms. The summed E-state index contributed by atoms with van der Waals surface area (Å²) in [6.45, 7) is 11.1. The van der Waals surface area contributed by atoms with E-state index in [4.69, 9.17) is 0 Å². The maximum Gasteiger partial charge on any atom is 0.191 e. The Bertz CT molecular complexity index is 399. The Kier molecular flexibility index (Phi) is 9.91. The number of nitrogens with one attached hydrogen (secondary N) is 2. The number of guanidine groups is 1. The van der Waals surface area contributed by atoms with Crippen molar-refractivity contribution in [2.45, 2.75) is 46.1 Å². The van der Waals surface area contributed by atoms with Crippen molar-refractivity contribution in [1.82, 2.24) is 15.5 Å². The van der Waals surface area contributed by atoms with Gasteiger partial charge in [-0.1, -0.05) is 19.9 Å². The van der Waals surface area contributed by atoms with Crippen LogP contribution in [0.2, 0.25) is 0 Å². The summed E-state index contributed by atoms with van der Waals surface area (Å²) < 4.78 is 0. The minimum Gasteiger partial charge on any atom is -0.356 e. The molecular formula is C17H32N4S. The number of nitrogens with zero attached hydrogens (tertiary/aromatic N) is 2. The van der Waals surface area contributed by atoms with Crippen molar-refractivity contribution in [3.63, 3.8) is 0 Å². The molecule has 22 heavy (non-hydrogen) atoms. The Morgan fingerprint density at radius 2 is 2.14 bits per heavy atom. The third-order valence-corrected chi connectivity index (χ3v) is 4.79. The topological polar surface area (TPSA) is 39.7 Å². The first-order chi connectivity index (χ1) is 10.7. The van der Waals surface area contributed by atoms with E-state index in [1.54, 1.807) is 0 Å². The van der Waals surface area contributed by atoms with Crippen molar-refractivity contribution >= 4 is 17.3 Å². The molecule has 0 saturated heterocycles. The van der Waals surface area contributed by atoms with Gasteiger partial charge in [0.15, 0.2) is 5.96 Å². The molecule has 0 amide bonds. The summed E-state index contributed by atoms with van der Waals surface area (Å²) in [5, 5.41) is 9.00. The monoisotopic (exact) mass is 324 g/mol. The summed E-state index contributed by atoms with van der Waals surface area (Å²) in [7, 11) is 1.84. The largest absolute Gasteiger partial charge is 0.356 e. The van der Waals surface area contributed by atoms with Gasteiger partial charge in [-0.05, 0) is 57.3 Å². The lowest BCUT2D eigenvalue weighted by molar-refractivity contribution is 0.292. The average Bonchev–Trinajstić information content (AvgIpc) is 3.04. The van der Waals surface area contributed by atoms with Gasteiger partial charge in [0.2, 0.25) is 0 Å². The Labute approximate surface area is 140 Å². The molecule has 0 spiro atoms. The van der Waals surface area contributed by atoms with Crippen LogP contribution in [0.1, 0.15) is 38.5 Å². The molecule has 1 aromatic rings. The van der Waals surface area contributed by atoms with E-state index >= 15 is 0 Å². The molecule has 1 heterocycles. The highest BCUT2D eigenvalue weighted by atomic mass is 32.1. The third kappa shape index (κ3) is 7.80. The van der Waals surface area contributed by atoms with Crippen molar-refractivity contribution in [3.8, 4) is 0 Å². The first kappa shape index (κ1) is 19.0. The van der Waals surface area contributed by atoms with Gasteiger partial charge < -0.3 is 15.5 Å². The van der Waals surface area contributed by atoms with Gasteiger partial charge in [0.25, 0.3) is 0 Å². The van der Waals surface area contributed by atoms with E-state index in [0.29, 0.717) is 6.04 Å². The lowest BCUT2D eigenvalue weighted by Gasteiger charge is -2.21. The molecule has 0 saturated carbocycles. The van der Waals surface area contributed by atoms with E-state index in [-0.39, 0.29) is 0 Å². The van der Waals surface area contributed by atoms with Crippen LogP contribution >= 0.6 is 11.3 Å². The molecule has 0 fully saturated rings. The Balaban J connectivity index is 2.18. The predicted molar refractivity (Wildman–Crippen MR) is 99.0 cm³/mol. The SMILES string of the molecule is CCN(CC)CCCC(C)NC(=NC)NCCc1cccs1. The Hall–Kier alpha value is -1.07. The first-order valence-corrected chi connectivity index (χ1v) is 9.29. The molecule has 1 atom stereocenters. The van der Waals surface area contributed by atoms with Crippen molar-refractivity contribution < 1.29 is 0 Å². The minimum atomic E-state index is 0.448. The van der Waals surface area contributed by atoms with Gasteiger partial charge >= 0.3 is 0 Å². The summed E-state index contributed by atoms with van der Waals surface area (Å²) in [5.41, 5.74) is 0. The highest BCUT2D eigenvalue weighted by Gasteiger charge is 2.06. The molecule has 0 aliphatic heterocycles. The summed E-state index contributed by atoms with van der Waals surface area (Å²) in [4.78, 5) is 8.20. The number of thiophene rings is 1. The van der Waals surface area contributed by atoms with E-state index in [2.05, 4.69) is 58.8 Å². The summed E-state index contributed by atoms with van der Waals surface area (Å²) >= 11 is 1.81. The zero-order valence-corrected chi connectivity index (χ0v) is 15.4. The van der Waals surface area contributed by atoms with Crippen LogP contribution in [0.4, 0.5) is 0 Å². The fourth-order valence-corrected chi connectivity index (χ4v) is 3.13. The van der Waals surface area contributed by atoms with Crippen molar-refractivity contribution in [3.05, 3.63) is 22.4 Å². The first-order valence-electron chi connectivity index (χ1n) is 8.41. The standard InChI is InChI=1S/C17H32N4S/c1-5-21(6-2)13-7-9-15(3)20-17(18-4)19-12-11-16-10-8-14-22-16/h8,10,14-15H,5-7,9,11-13H2,1-4H3,(H2,18,19,20). The fourth-order valence-electron chi connectivity index (χ4n) is 2.42. The van der Waals surface area contributed by atoms with E-state index < -0.39 is 0 Å². The Morgan fingerprint density at radius 1 is 1.36 bits per heavy atom. The second-order valence-corrected chi connectivity index (χ2v) is 6.58. The van der Waals surface area contributed by atoms with Crippen molar-refractivity contribution in [2.75, 3.05) is 33.2 Å². The molecule has 0 aliphatic carbocycles. The minimum absolute atomic E-state index is 0.448. The van der Waals surface area contributed by atoms with Gasteiger partial charge in [0.05, 0.1) is 0 Å². The van der Waals surface area contributed by atoms with Crippen LogP contribution in [0.3, 0.4) is 0 Å². The molecule has 1 aromatic heterocycles. The van der Waals surface area contributed by atoms with E-state index in [1.807, 2.05) is 18.4 Å². The second-order valence-electron chi connectivity index (χ2n) is 5.54. The number of aliphatic imine (C=N–C) groups is 1. The smallest absolute Gasteiger partial charge is 0.191 e. The molecular weight excluding hydrogens is 292 g/mol. The fraction of sp³-hybridized carbons (Fsp3) is 0.706. The van der Waals surface area contributed by atoms with Gasteiger partial charge in [-0.2, -0.15) is 0 Å². The summed E-state index contributed by atoms with van der Waals surface area (Å²) in [5.74, 6) is 0.909. The van der Waals surface area contributed by atoms with E-state index in [9.17, 15) is 0 Å². The highest BCUT2D eigenvalue weighted by molar-refractivity contribution is 7.09. The maximum absolute atomic E-state index is 4.31. The molecule has 4 nitrogen and oxygen atoms in total. The van der Waals surface area contributed by atoms with Crippen molar-refractivity contribution in [1.29, 1.82) is 0 Å². The summed E-state index contributed by atoms with van der Waals surface area (Å²) in [6, 6.07) is 4.73. The quantitative estimate of drug-likeness (QED) is 0.513. The normalized spacial score (nSPS) is 13.4. The molecule has 1 rings (SSSR count). The van der Waals surface area contributed by atoms with Crippen LogP contribution in [0.5, 0.6) is 0 Å². The predicted octanol–water partition coefficient (Wildman–Crippen LogP) is 2.97. The molecule has 0 radical (unpaired) electrons. The van der Waals surface area contributed by atoms with Gasteiger partial charge in [-0.3, -0.25) is 4.99 Å². The number of hydrogen-bond acceptors (Lipinski definition) is 3. The Morgan fingerprint density at radius 3 is 2.73 bits per heavy atom. The molecule has 1 unspecified atom stereocenters. The maximum atomic E-state index is 4.31. The molecule has 0 aliphatic rings. The van der Waals surface area contributed by atoms with Crippen LogP contribution < -0.4 is 10.6 Å². The van der Waals surface area contributed by atoms with E-state index in [0.717, 1.165) is 32.0 Å². The number of hydrogen-bond donors (Lipinski definition) is 2. The highest BCUT2D eigenvalue weighted by Crippen LogP contribution is 2.08. The van der Waals surface area contributed by atoms with Crippen LogP contribution in [-0.2, 0) is 6.42 Å². The van der Waals surface area contributed by atoms with E-state index in [1.165, 1.54) is 24.3 Å². The molecule has 5 heteroatoms. The van der Waals surface area contributed by atoms with Crippen LogP contribution in [0.25, 0.3) is 0 Å². The van der Waals surface area contributed by atoms with Gasteiger partial charge in [-0.15, -0.1) is 11.3 Å². The van der Waals surface area contributed by atoms with Crippen molar-refractivity contribution in [2.24, 2.45) is 4.99 Å². The van der Waals surface area contributed by atoms with Crippen LogP contribution in [0, 0.1) is 0 Å². The second kappa shape index (κ2) is 11.5.